The molecule has 14 nitrogen and oxygen atoms in total. The van der Waals surface area contributed by atoms with Crippen molar-refractivity contribution >= 4 is 41.0 Å². The molecule has 0 aliphatic rings. The molecule has 0 aliphatic carbocycles. The van der Waals surface area contributed by atoms with Gasteiger partial charge >= 0.3 is 23.9 Å². The number of fused-ring (bicyclic) bond motifs is 1. The molecule has 2 amide bonds. The van der Waals surface area contributed by atoms with Gasteiger partial charge in [0.2, 0.25) is 0 Å². The third kappa shape index (κ3) is 8.91. The lowest BCUT2D eigenvalue weighted by molar-refractivity contribution is -0.170. The number of hydrogen-bond donors (Lipinski definition) is 8. The number of rotatable bonds is 11. The lowest BCUT2D eigenvalue weighted by atomic mass is 9.96. The van der Waals surface area contributed by atoms with E-state index in [0.717, 1.165) is 22.7 Å². The van der Waals surface area contributed by atoms with E-state index in [0.29, 0.717) is 12.2 Å². The van der Waals surface area contributed by atoms with E-state index in [-0.39, 0.29) is 19.2 Å². The second-order valence-corrected chi connectivity index (χ2v) is 9.42. The van der Waals surface area contributed by atoms with Crippen molar-refractivity contribution < 1.29 is 44.7 Å². The van der Waals surface area contributed by atoms with Crippen LogP contribution in [0.1, 0.15) is 40.9 Å². The van der Waals surface area contributed by atoms with E-state index in [1.165, 1.54) is 16.7 Å². The number of imidazole rings is 1. The number of benzene rings is 1. The summed E-state index contributed by atoms with van der Waals surface area (Å²) in [4.78, 5) is 47.2. The molecule has 0 spiro atoms. The summed E-state index contributed by atoms with van der Waals surface area (Å²) >= 11 is 0. The van der Waals surface area contributed by atoms with Gasteiger partial charge in [0.1, 0.15) is 0 Å². The summed E-state index contributed by atoms with van der Waals surface area (Å²) in [6, 6.07) is 7.79. The lowest BCUT2D eigenvalue weighted by Crippen LogP contribution is -2.42. The molecule has 0 saturated carbocycles. The number of pyridine rings is 1. The molecule has 0 saturated heterocycles. The highest BCUT2D eigenvalue weighted by Crippen LogP contribution is 2.26. The first-order valence-corrected chi connectivity index (χ1v) is 12.5. The number of aliphatic carboxylic acids is 3. The van der Waals surface area contributed by atoms with Crippen LogP contribution < -0.4 is 16.0 Å². The fraction of sp³-hybridized carbons (Fsp3) is 0.370. The highest BCUT2D eigenvalue weighted by atomic mass is 16.4. The van der Waals surface area contributed by atoms with Gasteiger partial charge in [-0.1, -0.05) is 18.2 Å². The molecular formula is C27H35N5O9. The number of amides is 2. The molecule has 14 heteroatoms. The van der Waals surface area contributed by atoms with Gasteiger partial charge in [-0.2, -0.15) is 0 Å². The van der Waals surface area contributed by atoms with Gasteiger partial charge < -0.3 is 45.9 Å². The van der Waals surface area contributed by atoms with E-state index in [9.17, 15) is 19.2 Å². The van der Waals surface area contributed by atoms with Crippen LogP contribution in [-0.4, -0.2) is 77.6 Å². The number of aliphatic hydroxyl groups excluding tert-OH is 1. The molecule has 41 heavy (non-hydrogen) atoms. The second kappa shape index (κ2) is 14.1. The van der Waals surface area contributed by atoms with E-state index < -0.39 is 36.4 Å². The molecule has 0 radical (unpaired) electrons. The predicted octanol–water partition coefficient (Wildman–Crippen LogP) is 2.05. The lowest BCUT2D eigenvalue weighted by Gasteiger charge is -2.18. The van der Waals surface area contributed by atoms with Crippen LogP contribution in [-0.2, 0) is 20.9 Å². The van der Waals surface area contributed by atoms with Gasteiger partial charge in [-0.25, -0.2) is 14.6 Å². The van der Waals surface area contributed by atoms with Crippen molar-refractivity contribution in [1.82, 2.24) is 14.7 Å². The number of nitrogens with zero attached hydrogens (tertiary/aromatic N) is 2. The number of carboxylic acids is 3. The third-order valence-corrected chi connectivity index (χ3v) is 6.24. The van der Waals surface area contributed by atoms with Crippen LogP contribution in [0.5, 0.6) is 0 Å². The second-order valence-electron chi connectivity index (χ2n) is 9.42. The molecule has 2 aromatic heterocycles. The molecule has 1 aromatic carbocycles. The summed E-state index contributed by atoms with van der Waals surface area (Å²) in [7, 11) is 0. The standard InChI is InChI=1S/C21H27N5O2.C6H8O7/c1-13-6-5-7-14(2)18(13)11-23-19-10-17(25-21(28)22-8-9-27)12-26-16(4)15(3)24-20(19)26;7-3(8)1-6(13,5(11)12)2-4(9)10/h5-7,10,12,23,27H,8-9,11H2,1-4H3,(H2,22,25,28);13H,1-2H2,(H,7,8)(H,9,10)(H,11,12). The molecule has 0 fully saturated rings. The summed E-state index contributed by atoms with van der Waals surface area (Å²) in [5, 5.41) is 51.6. The topological polar surface area (TPSA) is 223 Å². The normalized spacial score (nSPS) is 10.9. The number of urea groups is 1. The summed E-state index contributed by atoms with van der Waals surface area (Å²) in [6.45, 7) is 8.95. The molecular weight excluding hydrogens is 538 g/mol. The zero-order valence-corrected chi connectivity index (χ0v) is 23.2. The maximum atomic E-state index is 12.0. The molecule has 3 aromatic rings. The zero-order chi connectivity index (χ0) is 30.9. The van der Waals surface area contributed by atoms with Gasteiger partial charge in [0.15, 0.2) is 11.2 Å². The fourth-order valence-electron chi connectivity index (χ4n) is 3.94. The van der Waals surface area contributed by atoms with E-state index in [4.69, 9.17) is 25.5 Å². The Bertz CT molecular complexity index is 1400. The Morgan fingerprint density at radius 1 is 0.976 bits per heavy atom. The molecule has 3 rings (SSSR count). The number of aryl methyl sites for hydroxylation is 4. The van der Waals surface area contributed by atoms with Gasteiger partial charge in [0, 0.05) is 25.0 Å². The molecule has 0 unspecified atom stereocenters. The zero-order valence-electron chi connectivity index (χ0n) is 23.2. The molecule has 0 aliphatic heterocycles. The molecule has 8 N–H and O–H groups in total. The van der Waals surface area contributed by atoms with Crippen molar-refractivity contribution in [1.29, 1.82) is 0 Å². The molecule has 2 heterocycles. The Hall–Kier alpha value is -4.69. The number of hydrogen-bond acceptors (Lipinski definition) is 8. The van der Waals surface area contributed by atoms with Crippen molar-refractivity contribution in [2.75, 3.05) is 23.8 Å². The summed E-state index contributed by atoms with van der Waals surface area (Å²) in [6.07, 6.45) is -0.434. The van der Waals surface area contributed by atoms with Crippen molar-refractivity contribution in [3.8, 4) is 0 Å². The van der Waals surface area contributed by atoms with Gasteiger partial charge in [-0.3, -0.25) is 9.59 Å². The minimum atomic E-state index is -2.74. The van der Waals surface area contributed by atoms with Crippen LogP contribution in [0, 0.1) is 27.7 Å². The van der Waals surface area contributed by atoms with E-state index in [2.05, 4.69) is 53.0 Å². The van der Waals surface area contributed by atoms with Crippen LogP contribution in [0.25, 0.3) is 5.65 Å². The van der Waals surface area contributed by atoms with Crippen molar-refractivity contribution in [2.45, 2.75) is 52.7 Å². The first kappa shape index (κ1) is 32.5. The smallest absolute Gasteiger partial charge is 0.336 e. The minimum Gasteiger partial charge on any atom is -0.481 e. The number of nitrogens with one attached hydrogen (secondary N) is 3. The average molecular weight is 574 g/mol. The Morgan fingerprint density at radius 3 is 2.07 bits per heavy atom. The van der Waals surface area contributed by atoms with Crippen molar-refractivity contribution in [3.63, 3.8) is 0 Å². The number of aromatic nitrogens is 2. The van der Waals surface area contributed by atoms with Crippen LogP contribution in [0.3, 0.4) is 0 Å². The molecule has 0 bridgehead atoms. The van der Waals surface area contributed by atoms with Crippen molar-refractivity contribution in [2.24, 2.45) is 0 Å². The van der Waals surface area contributed by atoms with E-state index in [1.54, 1.807) is 0 Å². The van der Waals surface area contributed by atoms with Crippen molar-refractivity contribution in [3.05, 3.63) is 58.5 Å². The highest BCUT2D eigenvalue weighted by Gasteiger charge is 2.40. The number of carboxylic acid groups (broad SMARTS) is 3. The SMILES string of the molecule is Cc1cccc(C)c1CNc1cc(NC(=O)NCCO)cn2c(C)c(C)nc12.O=C(O)CC(O)(CC(=O)O)C(=O)O. The number of carbonyl (C=O) groups excluding carboxylic acids is 1. The minimum absolute atomic E-state index is 0.102. The Labute approximate surface area is 235 Å². The number of aliphatic hydroxyl groups is 2. The van der Waals surface area contributed by atoms with Crippen LogP contribution in [0.4, 0.5) is 16.2 Å². The first-order valence-electron chi connectivity index (χ1n) is 12.5. The number of carbonyl (C=O) groups is 4. The fourth-order valence-corrected chi connectivity index (χ4v) is 3.94. The Balaban J connectivity index is 0.000000383. The van der Waals surface area contributed by atoms with E-state index in [1.807, 2.05) is 30.5 Å². The average Bonchev–Trinajstić information content (AvgIpc) is 3.15. The maximum Gasteiger partial charge on any atom is 0.336 e. The van der Waals surface area contributed by atoms with Crippen LogP contribution in [0.2, 0.25) is 0 Å². The summed E-state index contributed by atoms with van der Waals surface area (Å²) in [5.74, 6) is -5.02. The Morgan fingerprint density at radius 2 is 1.56 bits per heavy atom. The Kier molecular flexibility index (Phi) is 11.2. The highest BCUT2D eigenvalue weighted by molar-refractivity contribution is 5.90. The van der Waals surface area contributed by atoms with Gasteiger partial charge in [0.25, 0.3) is 0 Å². The van der Waals surface area contributed by atoms with E-state index >= 15 is 0 Å². The van der Waals surface area contributed by atoms with Gasteiger partial charge in [0.05, 0.1) is 36.5 Å². The predicted molar refractivity (Wildman–Crippen MR) is 149 cm³/mol. The number of anilines is 2. The maximum absolute atomic E-state index is 12.0. The largest absolute Gasteiger partial charge is 0.481 e. The quantitative estimate of drug-likeness (QED) is 0.166. The third-order valence-electron chi connectivity index (χ3n) is 6.24. The molecule has 0 atom stereocenters. The van der Waals surface area contributed by atoms with Crippen LogP contribution in [0.15, 0.2) is 30.5 Å². The van der Waals surface area contributed by atoms with Gasteiger partial charge in [-0.05, 0) is 50.5 Å². The first-order chi connectivity index (χ1) is 19.2. The molecule has 222 valence electrons. The summed E-state index contributed by atoms with van der Waals surface area (Å²) in [5.41, 5.74) is 5.25. The van der Waals surface area contributed by atoms with Gasteiger partial charge in [-0.15, -0.1) is 0 Å². The monoisotopic (exact) mass is 573 g/mol. The summed E-state index contributed by atoms with van der Waals surface area (Å²) < 4.78 is 1.98. The van der Waals surface area contributed by atoms with Crippen LogP contribution >= 0.6 is 0 Å².